The van der Waals surface area contributed by atoms with E-state index in [1.807, 2.05) is 6.92 Å². The molecule has 1 amide bonds. The fraction of sp³-hybridized carbons (Fsp3) is 0.190. The summed E-state index contributed by atoms with van der Waals surface area (Å²) in [5.74, 6) is -1.19. The van der Waals surface area contributed by atoms with Crippen LogP contribution in [0.3, 0.4) is 0 Å². The van der Waals surface area contributed by atoms with Gasteiger partial charge in [0.2, 0.25) is 0 Å². The number of methoxy groups -OCH3 is 1. The Bertz CT molecular complexity index is 1060. The van der Waals surface area contributed by atoms with Crippen molar-refractivity contribution in [2.24, 2.45) is 5.73 Å². The summed E-state index contributed by atoms with van der Waals surface area (Å²) in [6.45, 7) is 2.23. The summed E-state index contributed by atoms with van der Waals surface area (Å²) in [5, 5.41) is 0. The first-order valence-electron chi connectivity index (χ1n) is 8.82. The maximum absolute atomic E-state index is 14.5. The zero-order valence-corrected chi connectivity index (χ0v) is 15.9. The predicted octanol–water partition coefficient (Wildman–Crippen LogP) is 3.52. The molecule has 0 atom stereocenters. The predicted molar refractivity (Wildman–Crippen MR) is 103 cm³/mol. The third kappa shape index (κ3) is 4.48. The van der Waals surface area contributed by atoms with Crippen LogP contribution in [0.15, 0.2) is 42.7 Å². The van der Waals surface area contributed by atoms with Crippen LogP contribution >= 0.6 is 0 Å². The van der Waals surface area contributed by atoms with E-state index in [9.17, 15) is 13.6 Å². The van der Waals surface area contributed by atoms with Gasteiger partial charge in [-0.25, -0.2) is 18.7 Å². The molecule has 6 nitrogen and oxygen atoms in total. The highest BCUT2D eigenvalue weighted by molar-refractivity contribution is 5.95. The highest BCUT2D eigenvalue weighted by Gasteiger charge is 2.16. The fourth-order valence-corrected chi connectivity index (χ4v) is 2.92. The summed E-state index contributed by atoms with van der Waals surface area (Å²) < 4.78 is 38.8. The highest BCUT2D eigenvalue weighted by atomic mass is 19.1. The summed E-state index contributed by atoms with van der Waals surface area (Å²) in [7, 11) is 1.33. The van der Waals surface area contributed by atoms with Crippen molar-refractivity contribution in [3.05, 3.63) is 71.2 Å². The Balaban J connectivity index is 1.99. The van der Waals surface area contributed by atoms with E-state index in [1.165, 1.54) is 37.7 Å². The highest BCUT2D eigenvalue weighted by Crippen LogP contribution is 2.30. The first-order valence-corrected chi connectivity index (χ1v) is 8.82. The Morgan fingerprint density at radius 1 is 1.10 bits per heavy atom. The van der Waals surface area contributed by atoms with E-state index in [2.05, 4.69) is 9.97 Å². The number of carbonyl (C=O) groups is 1. The number of benzene rings is 2. The number of aromatic nitrogens is 2. The van der Waals surface area contributed by atoms with Gasteiger partial charge in [-0.2, -0.15) is 0 Å². The molecule has 8 heteroatoms. The quantitative estimate of drug-likeness (QED) is 0.657. The van der Waals surface area contributed by atoms with Crippen LogP contribution in [0.1, 0.15) is 28.5 Å². The standard InChI is InChI=1S/C21H19F2N3O3/c1-3-29-19-5-4-13(22)8-15(19)18-9-14(25-11-26-18)6-12-7-16(21(24)27)20(28-2)10-17(12)23/h4-5,7-11H,3,6H2,1-2H3,(H2,24,27). The Morgan fingerprint density at radius 2 is 1.90 bits per heavy atom. The van der Waals surface area contributed by atoms with Crippen molar-refractivity contribution >= 4 is 5.91 Å². The molecule has 0 bridgehead atoms. The molecule has 1 aromatic heterocycles. The smallest absolute Gasteiger partial charge is 0.252 e. The van der Waals surface area contributed by atoms with Crippen LogP contribution < -0.4 is 15.2 Å². The number of amides is 1. The third-order valence-corrected chi connectivity index (χ3v) is 4.25. The molecule has 0 aliphatic carbocycles. The molecule has 0 saturated heterocycles. The molecule has 3 rings (SSSR count). The van der Waals surface area contributed by atoms with Gasteiger partial charge >= 0.3 is 0 Å². The van der Waals surface area contributed by atoms with E-state index < -0.39 is 17.5 Å². The molecule has 29 heavy (non-hydrogen) atoms. The van der Waals surface area contributed by atoms with Gasteiger partial charge in [0.05, 0.1) is 25.0 Å². The second-order valence-electron chi connectivity index (χ2n) is 6.15. The fourth-order valence-electron chi connectivity index (χ4n) is 2.92. The summed E-state index contributed by atoms with van der Waals surface area (Å²) in [5.41, 5.74) is 7.00. The van der Waals surface area contributed by atoms with Crippen molar-refractivity contribution in [3.63, 3.8) is 0 Å². The monoisotopic (exact) mass is 399 g/mol. The Kier molecular flexibility index (Phi) is 6.01. The van der Waals surface area contributed by atoms with E-state index in [-0.39, 0.29) is 23.3 Å². The average Bonchev–Trinajstić information content (AvgIpc) is 2.70. The van der Waals surface area contributed by atoms with Crippen molar-refractivity contribution in [1.29, 1.82) is 0 Å². The lowest BCUT2D eigenvalue weighted by molar-refractivity contribution is 0.0997. The van der Waals surface area contributed by atoms with Crippen molar-refractivity contribution in [1.82, 2.24) is 9.97 Å². The molecule has 1 heterocycles. The molecule has 0 spiro atoms. The average molecular weight is 399 g/mol. The molecule has 0 aliphatic heterocycles. The molecule has 0 fully saturated rings. The minimum absolute atomic E-state index is 0.0586. The zero-order chi connectivity index (χ0) is 21.0. The lowest BCUT2D eigenvalue weighted by Crippen LogP contribution is -2.14. The normalized spacial score (nSPS) is 10.6. The van der Waals surface area contributed by atoms with Gasteiger partial charge in [0.1, 0.15) is 29.5 Å². The molecule has 2 N–H and O–H groups in total. The molecule has 0 unspecified atom stereocenters. The van der Waals surface area contributed by atoms with Gasteiger partial charge in [0, 0.05) is 23.7 Å². The third-order valence-electron chi connectivity index (χ3n) is 4.25. The van der Waals surface area contributed by atoms with Gasteiger partial charge in [0.25, 0.3) is 5.91 Å². The van der Waals surface area contributed by atoms with E-state index in [0.717, 1.165) is 6.07 Å². The van der Waals surface area contributed by atoms with Crippen LogP contribution in [0.5, 0.6) is 11.5 Å². The van der Waals surface area contributed by atoms with Gasteiger partial charge in [-0.05, 0) is 42.8 Å². The first-order chi connectivity index (χ1) is 13.9. The number of nitrogens with two attached hydrogens (primary N) is 1. The van der Waals surface area contributed by atoms with Gasteiger partial charge in [0.15, 0.2) is 0 Å². The second kappa shape index (κ2) is 8.64. The largest absolute Gasteiger partial charge is 0.496 e. The SMILES string of the molecule is CCOc1ccc(F)cc1-c1cc(Cc2cc(C(N)=O)c(OC)cc2F)ncn1. The molecular weight excluding hydrogens is 380 g/mol. The number of rotatable bonds is 7. The van der Waals surface area contributed by atoms with Gasteiger partial charge < -0.3 is 15.2 Å². The molecule has 2 aromatic carbocycles. The molecule has 0 saturated carbocycles. The zero-order valence-electron chi connectivity index (χ0n) is 15.9. The minimum Gasteiger partial charge on any atom is -0.496 e. The van der Waals surface area contributed by atoms with Gasteiger partial charge in [-0.1, -0.05) is 0 Å². The van der Waals surface area contributed by atoms with Crippen LogP contribution in [0.25, 0.3) is 11.3 Å². The van der Waals surface area contributed by atoms with Crippen LogP contribution in [0.4, 0.5) is 8.78 Å². The number of halogens is 2. The molecular formula is C21H19F2N3O3. The maximum atomic E-state index is 14.5. The Morgan fingerprint density at radius 3 is 2.59 bits per heavy atom. The van der Waals surface area contributed by atoms with E-state index in [4.69, 9.17) is 15.2 Å². The number of ether oxygens (including phenoxy) is 2. The number of hydrogen-bond acceptors (Lipinski definition) is 5. The number of carbonyl (C=O) groups excluding carboxylic acids is 1. The van der Waals surface area contributed by atoms with Crippen molar-refractivity contribution < 1.29 is 23.0 Å². The van der Waals surface area contributed by atoms with Crippen LogP contribution in [0, 0.1) is 11.6 Å². The lowest BCUT2D eigenvalue weighted by Gasteiger charge is -2.12. The topological polar surface area (TPSA) is 87.3 Å². The minimum atomic E-state index is -0.729. The van der Waals surface area contributed by atoms with E-state index in [0.29, 0.717) is 29.3 Å². The first kappa shape index (κ1) is 20.2. The summed E-state index contributed by atoms with van der Waals surface area (Å²) >= 11 is 0. The second-order valence-corrected chi connectivity index (χ2v) is 6.15. The number of nitrogens with zero attached hydrogens (tertiary/aromatic N) is 2. The van der Waals surface area contributed by atoms with E-state index in [1.54, 1.807) is 6.07 Å². The van der Waals surface area contributed by atoms with Gasteiger partial charge in [-0.3, -0.25) is 4.79 Å². The molecule has 0 aliphatic rings. The molecule has 3 aromatic rings. The van der Waals surface area contributed by atoms with E-state index >= 15 is 0 Å². The van der Waals surface area contributed by atoms with Crippen LogP contribution in [-0.4, -0.2) is 29.6 Å². The number of hydrogen-bond donors (Lipinski definition) is 1. The van der Waals surface area contributed by atoms with Crippen molar-refractivity contribution in [2.45, 2.75) is 13.3 Å². The summed E-state index contributed by atoms with van der Waals surface area (Å²) in [6.07, 6.45) is 1.38. The van der Waals surface area contributed by atoms with Crippen LogP contribution in [-0.2, 0) is 6.42 Å². The summed E-state index contributed by atoms with van der Waals surface area (Å²) in [4.78, 5) is 20.0. The molecule has 150 valence electrons. The van der Waals surface area contributed by atoms with Crippen molar-refractivity contribution in [2.75, 3.05) is 13.7 Å². The number of primary amides is 1. The van der Waals surface area contributed by atoms with Crippen molar-refractivity contribution in [3.8, 4) is 22.8 Å². The Labute approximate surface area is 166 Å². The maximum Gasteiger partial charge on any atom is 0.252 e. The Hall–Kier alpha value is -3.55. The summed E-state index contributed by atoms with van der Waals surface area (Å²) in [6, 6.07) is 8.21. The lowest BCUT2D eigenvalue weighted by atomic mass is 10.0. The van der Waals surface area contributed by atoms with Gasteiger partial charge in [-0.15, -0.1) is 0 Å². The molecule has 0 radical (unpaired) electrons. The van der Waals surface area contributed by atoms with Crippen LogP contribution in [0.2, 0.25) is 0 Å².